The lowest BCUT2D eigenvalue weighted by molar-refractivity contribution is 0.0620. The molecule has 1 unspecified atom stereocenters. The van der Waals surface area contributed by atoms with E-state index in [1.807, 2.05) is 0 Å². The number of aromatic nitrogens is 1. The van der Waals surface area contributed by atoms with Crippen molar-refractivity contribution in [1.82, 2.24) is 15.2 Å². The number of nitrogens with one attached hydrogen (secondary N) is 1. The van der Waals surface area contributed by atoms with E-state index < -0.39 is 0 Å². The molecule has 5 rings (SSSR count). The van der Waals surface area contributed by atoms with E-state index >= 15 is 0 Å². The molecule has 1 aromatic carbocycles. The van der Waals surface area contributed by atoms with Crippen molar-refractivity contribution in [3.05, 3.63) is 41.3 Å². The van der Waals surface area contributed by atoms with Crippen LogP contribution in [0, 0.1) is 11.7 Å². The maximum atomic E-state index is 12.9. The summed E-state index contributed by atoms with van der Waals surface area (Å²) >= 11 is 2.87. The number of rotatable bonds is 4. The van der Waals surface area contributed by atoms with E-state index in [1.54, 1.807) is 18.3 Å². The van der Waals surface area contributed by atoms with E-state index in [4.69, 9.17) is 0 Å². The topological polar surface area (TPSA) is 45.2 Å². The van der Waals surface area contributed by atoms with Gasteiger partial charge in [0, 0.05) is 17.5 Å². The predicted octanol–water partition coefficient (Wildman–Crippen LogP) is 3.26. The lowest BCUT2D eigenvalue weighted by Crippen LogP contribution is -2.57. The molecular formula is C17H18FN3OS2. The number of benzene rings is 1. The molecule has 0 aliphatic carbocycles. The maximum absolute atomic E-state index is 12.9. The summed E-state index contributed by atoms with van der Waals surface area (Å²) in [5.41, 5.74) is 0. The number of piperidine rings is 3. The van der Waals surface area contributed by atoms with Crippen LogP contribution in [0.2, 0.25) is 0 Å². The lowest BCUT2D eigenvalue weighted by Gasteiger charge is -2.44. The summed E-state index contributed by atoms with van der Waals surface area (Å²) in [4.78, 5) is 20.1. The van der Waals surface area contributed by atoms with Crippen molar-refractivity contribution in [3.8, 4) is 0 Å². The number of fused-ring (bicyclic) bond motifs is 3. The number of hydrogen-bond donors (Lipinski definition) is 1. The van der Waals surface area contributed by atoms with Gasteiger partial charge < -0.3 is 10.2 Å². The summed E-state index contributed by atoms with van der Waals surface area (Å²) in [5, 5.41) is 3.66. The first kappa shape index (κ1) is 16.1. The van der Waals surface area contributed by atoms with Gasteiger partial charge >= 0.3 is 0 Å². The minimum Gasteiger partial charge on any atom is -0.346 e. The van der Waals surface area contributed by atoms with Gasteiger partial charge in [-0.3, -0.25) is 4.79 Å². The fourth-order valence-electron chi connectivity index (χ4n) is 3.39. The Morgan fingerprint density at radius 3 is 2.71 bits per heavy atom. The molecule has 1 amide bonds. The van der Waals surface area contributed by atoms with Crippen LogP contribution < -0.4 is 5.32 Å². The van der Waals surface area contributed by atoms with Crippen LogP contribution in [0.15, 0.2) is 39.6 Å². The minimum atomic E-state index is -0.249. The molecule has 3 aliphatic rings. The van der Waals surface area contributed by atoms with Gasteiger partial charge in [0.2, 0.25) is 0 Å². The SMILES string of the molecule is O=C(NC1CN2CCC1CC2)c1ncc(Sc2ccc(F)cc2)s1. The second kappa shape index (κ2) is 6.82. The number of carbonyl (C=O) groups is 1. The normalized spacial score (nSPS) is 25.6. The van der Waals surface area contributed by atoms with Crippen molar-refractivity contribution in [3.63, 3.8) is 0 Å². The summed E-state index contributed by atoms with van der Waals surface area (Å²) in [7, 11) is 0. The third-order valence-corrected chi connectivity index (χ3v) is 6.79. The van der Waals surface area contributed by atoms with Crippen molar-refractivity contribution < 1.29 is 9.18 Å². The third kappa shape index (κ3) is 3.48. The Balaban J connectivity index is 1.39. The van der Waals surface area contributed by atoms with E-state index in [1.165, 1.54) is 48.1 Å². The molecule has 0 saturated carbocycles. The first-order valence-corrected chi connectivity index (χ1v) is 9.73. The van der Waals surface area contributed by atoms with E-state index in [0.29, 0.717) is 10.9 Å². The molecule has 0 spiro atoms. The number of carbonyl (C=O) groups excluding carboxylic acids is 1. The average Bonchev–Trinajstić information content (AvgIpc) is 3.07. The number of halogens is 1. The van der Waals surface area contributed by atoms with Gasteiger partial charge in [-0.05, 0) is 56.1 Å². The molecular weight excluding hydrogens is 345 g/mol. The highest BCUT2D eigenvalue weighted by molar-refractivity contribution is 8.01. The quantitative estimate of drug-likeness (QED) is 0.906. The predicted molar refractivity (Wildman–Crippen MR) is 93.1 cm³/mol. The van der Waals surface area contributed by atoms with Crippen LogP contribution in [0.1, 0.15) is 22.6 Å². The minimum absolute atomic E-state index is 0.0790. The van der Waals surface area contributed by atoms with Gasteiger partial charge in [0.25, 0.3) is 5.91 Å². The Bertz CT molecular complexity index is 726. The molecule has 3 saturated heterocycles. The molecule has 0 radical (unpaired) electrons. The zero-order chi connectivity index (χ0) is 16.5. The summed E-state index contributed by atoms with van der Waals surface area (Å²) in [6.07, 6.45) is 4.06. The molecule has 1 atom stereocenters. The molecule has 3 fully saturated rings. The highest BCUT2D eigenvalue weighted by atomic mass is 32.2. The second-order valence-corrected chi connectivity index (χ2v) is 8.66. The second-order valence-electron chi connectivity index (χ2n) is 6.26. The molecule has 1 N–H and O–H groups in total. The number of hydrogen-bond acceptors (Lipinski definition) is 5. The van der Waals surface area contributed by atoms with E-state index in [-0.39, 0.29) is 17.8 Å². The molecule has 3 aliphatic heterocycles. The molecule has 1 aromatic heterocycles. The van der Waals surface area contributed by atoms with Crippen LogP contribution >= 0.6 is 23.1 Å². The van der Waals surface area contributed by atoms with Crippen molar-refractivity contribution in [2.24, 2.45) is 5.92 Å². The van der Waals surface area contributed by atoms with Crippen molar-refractivity contribution in [2.75, 3.05) is 19.6 Å². The number of thiazole rings is 1. The summed E-state index contributed by atoms with van der Waals surface area (Å²) in [6, 6.07) is 6.57. The summed E-state index contributed by atoms with van der Waals surface area (Å²) < 4.78 is 13.9. The molecule has 7 heteroatoms. The Hall–Kier alpha value is -1.44. The highest BCUT2D eigenvalue weighted by Gasteiger charge is 2.35. The van der Waals surface area contributed by atoms with Gasteiger partial charge in [-0.15, -0.1) is 11.3 Å². The van der Waals surface area contributed by atoms with Crippen molar-refractivity contribution in [2.45, 2.75) is 28.0 Å². The first-order valence-electron chi connectivity index (χ1n) is 8.10. The summed E-state index contributed by atoms with van der Waals surface area (Å²) in [5.74, 6) is 0.276. The summed E-state index contributed by atoms with van der Waals surface area (Å²) in [6.45, 7) is 3.28. The van der Waals surface area contributed by atoms with Crippen molar-refractivity contribution >= 4 is 29.0 Å². The lowest BCUT2D eigenvalue weighted by atomic mass is 9.84. The largest absolute Gasteiger partial charge is 0.346 e. The zero-order valence-corrected chi connectivity index (χ0v) is 14.7. The Morgan fingerprint density at radius 2 is 2.04 bits per heavy atom. The van der Waals surface area contributed by atoms with Gasteiger partial charge in [-0.1, -0.05) is 11.8 Å². The van der Waals surface area contributed by atoms with Gasteiger partial charge in [0.15, 0.2) is 5.01 Å². The highest BCUT2D eigenvalue weighted by Crippen LogP contribution is 2.32. The third-order valence-electron chi connectivity index (χ3n) is 4.68. The molecule has 126 valence electrons. The van der Waals surface area contributed by atoms with E-state index in [0.717, 1.165) is 28.7 Å². The monoisotopic (exact) mass is 363 g/mol. The molecule has 4 nitrogen and oxygen atoms in total. The number of amides is 1. The first-order chi connectivity index (χ1) is 11.7. The smallest absolute Gasteiger partial charge is 0.280 e. The van der Waals surface area contributed by atoms with Crippen LogP contribution in [0.5, 0.6) is 0 Å². The maximum Gasteiger partial charge on any atom is 0.280 e. The van der Waals surface area contributed by atoms with E-state index in [9.17, 15) is 9.18 Å². The van der Waals surface area contributed by atoms with Gasteiger partial charge in [0.1, 0.15) is 5.82 Å². The van der Waals surface area contributed by atoms with Gasteiger partial charge in [0.05, 0.1) is 10.4 Å². The average molecular weight is 363 g/mol. The van der Waals surface area contributed by atoms with Crippen LogP contribution in [-0.4, -0.2) is 41.5 Å². The zero-order valence-electron chi connectivity index (χ0n) is 13.1. The molecule has 4 heterocycles. The van der Waals surface area contributed by atoms with Gasteiger partial charge in [-0.25, -0.2) is 9.37 Å². The van der Waals surface area contributed by atoms with Gasteiger partial charge in [-0.2, -0.15) is 0 Å². The van der Waals surface area contributed by atoms with Crippen LogP contribution in [-0.2, 0) is 0 Å². The Labute approximate surface area is 148 Å². The molecule has 2 bridgehead atoms. The molecule has 2 aromatic rings. The molecule has 24 heavy (non-hydrogen) atoms. The standard InChI is InChI=1S/C17H18FN3OS2/c18-12-1-3-13(4-2-12)23-15-9-19-17(24-15)16(22)20-14-10-21-7-5-11(14)6-8-21/h1-4,9,11,14H,5-8,10H2,(H,20,22). The van der Waals surface area contributed by atoms with Crippen LogP contribution in [0.3, 0.4) is 0 Å². The number of nitrogens with zero attached hydrogens (tertiary/aromatic N) is 2. The van der Waals surface area contributed by atoms with Crippen LogP contribution in [0.25, 0.3) is 0 Å². The fraction of sp³-hybridized carbons (Fsp3) is 0.412. The Morgan fingerprint density at radius 1 is 1.29 bits per heavy atom. The van der Waals surface area contributed by atoms with Crippen molar-refractivity contribution in [1.29, 1.82) is 0 Å². The fourth-order valence-corrected chi connectivity index (χ4v) is 5.24. The van der Waals surface area contributed by atoms with E-state index in [2.05, 4.69) is 15.2 Å². The Kier molecular flexibility index (Phi) is 4.56. The van der Waals surface area contributed by atoms with Crippen LogP contribution in [0.4, 0.5) is 4.39 Å².